The minimum atomic E-state index is -2.97. The second-order valence-corrected chi connectivity index (χ2v) is 7.04. The first-order valence-electron chi connectivity index (χ1n) is 5.91. The molecule has 1 amide bonds. The zero-order valence-corrected chi connectivity index (χ0v) is 11.9. The van der Waals surface area contributed by atoms with E-state index in [0.717, 1.165) is 6.42 Å². The highest BCUT2D eigenvalue weighted by Crippen LogP contribution is 1.96. The molecule has 0 bridgehead atoms. The Morgan fingerprint density at radius 3 is 2.24 bits per heavy atom. The first-order valence-corrected chi connectivity index (χ1v) is 7.97. The molecule has 0 spiro atoms. The van der Waals surface area contributed by atoms with Gasteiger partial charge in [0, 0.05) is 19.3 Å². The summed E-state index contributed by atoms with van der Waals surface area (Å²) in [6.07, 6.45) is 2.13. The van der Waals surface area contributed by atoms with Gasteiger partial charge >= 0.3 is 0 Å². The Morgan fingerprint density at radius 1 is 1.18 bits per heavy atom. The molecule has 0 aliphatic carbocycles. The van der Waals surface area contributed by atoms with Crippen LogP contribution in [0.5, 0.6) is 0 Å². The lowest BCUT2D eigenvalue weighted by atomic mass is 10.1. The van der Waals surface area contributed by atoms with Gasteiger partial charge < -0.3 is 10.6 Å². The number of rotatable bonds is 8. The third-order valence-electron chi connectivity index (χ3n) is 2.34. The van der Waals surface area contributed by atoms with E-state index in [1.807, 2.05) is 0 Å². The lowest BCUT2D eigenvalue weighted by Crippen LogP contribution is -2.44. The number of amides is 1. The van der Waals surface area contributed by atoms with Gasteiger partial charge in [-0.15, -0.1) is 0 Å². The number of nitrogens with one attached hydrogen (secondary N) is 2. The normalized spacial score (nSPS) is 13.7. The highest BCUT2D eigenvalue weighted by atomic mass is 32.2. The van der Waals surface area contributed by atoms with Crippen molar-refractivity contribution in [3.05, 3.63) is 0 Å². The van der Waals surface area contributed by atoms with E-state index in [0.29, 0.717) is 19.0 Å². The first-order chi connectivity index (χ1) is 7.72. The Bertz CT molecular complexity index is 326. The topological polar surface area (TPSA) is 75.3 Å². The van der Waals surface area contributed by atoms with Crippen LogP contribution < -0.4 is 10.6 Å². The first kappa shape index (κ1) is 16.4. The van der Waals surface area contributed by atoms with Gasteiger partial charge in [0.1, 0.15) is 9.84 Å². The third-order valence-corrected chi connectivity index (χ3v) is 3.28. The molecule has 0 saturated heterocycles. The summed E-state index contributed by atoms with van der Waals surface area (Å²) in [6, 6.07) is -0.357. The minimum Gasteiger partial charge on any atom is -0.355 e. The van der Waals surface area contributed by atoms with Crippen LogP contribution in [0.2, 0.25) is 0 Å². The lowest BCUT2D eigenvalue weighted by molar-refractivity contribution is -0.122. The summed E-state index contributed by atoms with van der Waals surface area (Å²) in [4.78, 5) is 11.6. The van der Waals surface area contributed by atoms with Crippen molar-refractivity contribution in [2.45, 2.75) is 33.2 Å². The molecule has 1 unspecified atom stereocenters. The van der Waals surface area contributed by atoms with E-state index in [1.165, 1.54) is 6.26 Å². The summed E-state index contributed by atoms with van der Waals surface area (Å²) in [7, 11) is -2.97. The molecule has 102 valence electrons. The number of carbonyl (C=O) groups is 1. The van der Waals surface area contributed by atoms with Crippen LogP contribution >= 0.6 is 0 Å². The Morgan fingerprint density at radius 2 is 1.76 bits per heavy atom. The fraction of sp³-hybridized carbons (Fsp3) is 0.909. The molecule has 0 rings (SSSR count). The van der Waals surface area contributed by atoms with E-state index in [9.17, 15) is 13.2 Å². The van der Waals surface area contributed by atoms with Crippen LogP contribution in [-0.4, -0.2) is 45.5 Å². The minimum absolute atomic E-state index is 0.0522. The van der Waals surface area contributed by atoms with E-state index in [-0.39, 0.29) is 17.7 Å². The largest absolute Gasteiger partial charge is 0.355 e. The molecular formula is C11H24N2O3S. The fourth-order valence-electron chi connectivity index (χ4n) is 1.19. The molecule has 0 radical (unpaired) electrons. The van der Waals surface area contributed by atoms with Crippen molar-refractivity contribution in [2.75, 3.05) is 25.1 Å². The average molecular weight is 264 g/mol. The SMILES string of the molecule is CC(C)CCNC(=O)C(C)NCCS(C)(=O)=O. The van der Waals surface area contributed by atoms with Gasteiger partial charge in [0.05, 0.1) is 11.8 Å². The lowest BCUT2D eigenvalue weighted by Gasteiger charge is -2.14. The van der Waals surface area contributed by atoms with Crippen LogP contribution in [0, 0.1) is 5.92 Å². The predicted octanol–water partition coefficient (Wildman–Crippen LogP) is 0.171. The average Bonchev–Trinajstić information content (AvgIpc) is 2.14. The highest BCUT2D eigenvalue weighted by Gasteiger charge is 2.12. The summed E-state index contributed by atoms with van der Waals surface area (Å²) in [5, 5.41) is 5.70. The maximum absolute atomic E-state index is 11.6. The molecular weight excluding hydrogens is 240 g/mol. The van der Waals surface area contributed by atoms with Crippen molar-refractivity contribution in [1.82, 2.24) is 10.6 Å². The van der Waals surface area contributed by atoms with Crippen molar-refractivity contribution in [1.29, 1.82) is 0 Å². The van der Waals surface area contributed by atoms with Crippen molar-refractivity contribution in [2.24, 2.45) is 5.92 Å². The standard InChI is InChI=1S/C11H24N2O3S/c1-9(2)5-6-13-11(14)10(3)12-7-8-17(4,15)16/h9-10,12H,5-8H2,1-4H3,(H,13,14). The van der Waals surface area contributed by atoms with Gasteiger partial charge in [-0.05, 0) is 19.3 Å². The number of carbonyl (C=O) groups excluding carboxylic acids is 1. The van der Waals surface area contributed by atoms with E-state index in [1.54, 1.807) is 6.92 Å². The molecule has 0 fully saturated rings. The zero-order valence-electron chi connectivity index (χ0n) is 11.1. The number of hydrogen-bond acceptors (Lipinski definition) is 4. The van der Waals surface area contributed by atoms with Gasteiger partial charge in [0.2, 0.25) is 5.91 Å². The van der Waals surface area contributed by atoms with E-state index in [2.05, 4.69) is 24.5 Å². The van der Waals surface area contributed by atoms with Gasteiger partial charge in [-0.25, -0.2) is 8.42 Å². The van der Waals surface area contributed by atoms with Gasteiger partial charge in [0.25, 0.3) is 0 Å². The molecule has 0 heterocycles. The Labute approximate surface area is 104 Å². The maximum Gasteiger partial charge on any atom is 0.236 e. The molecule has 6 heteroatoms. The Balaban J connectivity index is 3.75. The molecule has 0 aromatic rings. The molecule has 1 atom stereocenters. The Kier molecular flexibility index (Phi) is 7.38. The summed E-state index contributed by atoms with van der Waals surface area (Å²) in [5.41, 5.74) is 0. The van der Waals surface area contributed by atoms with E-state index >= 15 is 0 Å². The van der Waals surface area contributed by atoms with Crippen molar-refractivity contribution >= 4 is 15.7 Å². The van der Waals surface area contributed by atoms with Crippen LogP contribution in [0.1, 0.15) is 27.2 Å². The third kappa shape index (κ3) is 10.3. The summed E-state index contributed by atoms with van der Waals surface area (Å²) in [6.45, 7) is 6.89. The smallest absolute Gasteiger partial charge is 0.236 e. The van der Waals surface area contributed by atoms with E-state index in [4.69, 9.17) is 0 Å². The molecule has 0 saturated carbocycles. The molecule has 5 nitrogen and oxygen atoms in total. The second-order valence-electron chi connectivity index (χ2n) is 4.78. The van der Waals surface area contributed by atoms with Gasteiger partial charge in [-0.3, -0.25) is 4.79 Å². The monoisotopic (exact) mass is 264 g/mol. The fourth-order valence-corrected chi connectivity index (χ4v) is 1.68. The van der Waals surface area contributed by atoms with Crippen LogP contribution in [-0.2, 0) is 14.6 Å². The van der Waals surface area contributed by atoms with Gasteiger partial charge in [0.15, 0.2) is 0 Å². The van der Waals surface area contributed by atoms with E-state index < -0.39 is 9.84 Å². The highest BCUT2D eigenvalue weighted by molar-refractivity contribution is 7.90. The number of sulfone groups is 1. The van der Waals surface area contributed by atoms with Crippen LogP contribution in [0.4, 0.5) is 0 Å². The predicted molar refractivity (Wildman–Crippen MR) is 69.6 cm³/mol. The van der Waals surface area contributed by atoms with Crippen molar-refractivity contribution in [3.63, 3.8) is 0 Å². The van der Waals surface area contributed by atoms with Crippen LogP contribution in [0.25, 0.3) is 0 Å². The summed E-state index contributed by atoms with van der Waals surface area (Å²) < 4.78 is 21.8. The maximum atomic E-state index is 11.6. The second kappa shape index (κ2) is 7.66. The molecule has 0 aliphatic rings. The molecule has 0 aromatic heterocycles. The molecule has 2 N–H and O–H groups in total. The number of hydrogen-bond donors (Lipinski definition) is 2. The van der Waals surface area contributed by atoms with Crippen molar-refractivity contribution in [3.8, 4) is 0 Å². The summed E-state index contributed by atoms with van der Waals surface area (Å²) >= 11 is 0. The van der Waals surface area contributed by atoms with Crippen molar-refractivity contribution < 1.29 is 13.2 Å². The quantitative estimate of drug-likeness (QED) is 0.655. The molecule has 17 heavy (non-hydrogen) atoms. The molecule has 0 aromatic carbocycles. The zero-order chi connectivity index (χ0) is 13.5. The van der Waals surface area contributed by atoms with Crippen LogP contribution in [0.3, 0.4) is 0 Å². The molecule has 0 aliphatic heterocycles. The van der Waals surface area contributed by atoms with Gasteiger partial charge in [-0.2, -0.15) is 0 Å². The van der Waals surface area contributed by atoms with Gasteiger partial charge in [-0.1, -0.05) is 13.8 Å². The Hall–Kier alpha value is -0.620. The summed E-state index contributed by atoms with van der Waals surface area (Å²) in [5.74, 6) is 0.527. The van der Waals surface area contributed by atoms with Crippen LogP contribution in [0.15, 0.2) is 0 Å².